The lowest BCUT2D eigenvalue weighted by atomic mass is 9.98. The van der Waals surface area contributed by atoms with E-state index in [0.717, 1.165) is 19.0 Å². The van der Waals surface area contributed by atoms with Gasteiger partial charge in [-0.25, -0.2) is 0 Å². The van der Waals surface area contributed by atoms with Crippen LogP contribution in [-0.4, -0.2) is 19.1 Å². The summed E-state index contributed by atoms with van der Waals surface area (Å²) in [7, 11) is 0. The second-order valence-corrected chi connectivity index (χ2v) is 3.74. The van der Waals surface area contributed by atoms with Crippen LogP contribution in [0.5, 0.6) is 0 Å². The minimum absolute atomic E-state index is 0.661. The first-order chi connectivity index (χ1) is 5.72. The number of rotatable bonds is 7. The molecule has 2 nitrogen and oxygen atoms in total. The molecule has 0 bridgehead atoms. The van der Waals surface area contributed by atoms with E-state index in [-0.39, 0.29) is 0 Å². The average molecular weight is 172 g/mol. The van der Waals surface area contributed by atoms with Crippen molar-refractivity contribution < 1.29 is 0 Å². The maximum atomic E-state index is 5.44. The van der Waals surface area contributed by atoms with Crippen LogP contribution >= 0.6 is 0 Å². The maximum absolute atomic E-state index is 5.44. The van der Waals surface area contributed by atoms with E-state index < -0.39 is 0 Å². The maximum Gasteiger partial charge on any atom is 0.00905 e. The molecule has 0 heterocycles. The van der Waals surface area contributed by atoms with Crippen molar-refractivity contribution in [3.8, 4) is 0 Å². The van der Waals surface area contributed by atoms with Crippen LogP contribution in [0.3, 0.4) is 0 Å². The topological polar surface area (TPSA) is 38.0 Å². The van der Waals surface area contributed by atoms with Gasteiger partial charge >= 0.3 is 0 Å². The molecule has 0 aromatic rings. The first-order valence-electron chi connectivity index (χ1n) is 5.15. The largest absolute Gasteiger partial charge is 0.329 e. The van der Waals surface area contributed by atoms with Gasteiger partial charge in [0.2, 0.25) is 0 Å². The third-order valence-electron chi connectivity index (χ3n) is 2.22. The molecule has 0 saturated heterocycles. The summed E-state index contributed by atoms with van der Waals surface area (Å²) in [5, 5.41) is 3.48. The van der Waals surface area contributed by atoms with Crippen LogP contribution < -0.4 is 11.1 Å². The Morgan fingerprint density at radius 2 is 2.00 bits per heavy atom. The summed E-state index contributed by atoms with van der Waals surface area (Å²) in [6.07, 6.45) is 3.89. The monoisotopic (exact) mass is 172 g/mol. The van der Waals surface area contributed by atoms with E-state index in [4.69, 9.17) is 5.73 Å². The Kier molecular flexibility index (Phi) is 7.51. The molecular weight excluding hydrogens is 148 g/mol. The summed E-state index contributed by atoms with van der Waals surface area (Å²) < 4.78 is 0. The number of nitrogens with two attached hydrogens (primary N) is 1. The molecule has 1 atom stereocenters. The van der Waals surface area contributed by atoms with Gasteiger partial charge < -0.3 is 11.1 Å². The Bertz CT molecular complexity index is 83.8. The van der Waals surface area contributed by atoms with Crippen LogP contribution in [0, 0.1) is 5.92 Å². The van der Waals surface area contributed by atoms with Crippen molar-refractivity contribution in [3.63, 3.8) is 0 Å². The van der Waals surface area contributed by atoms with E-state index in [1.807, 2.05) is 0 Å². The van der Waals surface area contributed by atoms with E-state index in [9.17, 15) is 0 Å². The molecule has 0 aromatic heterocycles. The van der Waals surface area contributed by atoms with Crippen molar-refractivity contribution in [2.45, 2.75) is 46.1 Å². The minimum atomic E-state index is 0.661. The zero-order chi connectivity index (χ0) is 9.40. The van der Waals surface area contributed by atoms with Crippen LogP contribution in [-0.2, 0) is 0 Å². The van der Waals surface area contributed by atoms with E-state index in [1.54, 1.807) is 0 Å². The quantitative estimate of drug-likeness (QED) is 0.614. The van der Waals surface area contributed by atoms with E-state index in [2.05, 4.69) is 26.1 Å². The second kappa shape index (κ2) is 7.56. The molecule has 0 fully saturated rings. The Labute approximate surface area is 76.9 Å². The highest BCUT2D eigenvalue weighted by atomic mass is 14.9. The summed E-state index contributed by atoms with van der Waals surface area (Å²) in [6, 6.07) is 0.661. The summed E-state index contributed by atoms with van der Waals surface area (Å²) in [4.78, 5) is 0. The second-order valence-electron chi connectivity index (χ2n) is 3.74. The smallest absolute Gasteiger partial charge is 0.00905 e. The fourth-order valence-corrected chi connectivity index (χ4v) is 1.36. The van der Waals surface area contributed by atoms with Gasteiger partial charge in [-0.3, -0.25) is 0 Å². The van der Waals surface area contributed by atoms with Gasteiger partial charge in [0.15, 0.2) is 0 Å². The van der Waals surface area contributed by atoms with Crippen LogP contribution in [0.25, 0.3) is 0 Å². The number of nitrogens with one attached hydrogen (secondary N) is 1. The summed E-state index contributed by atoms with van der Waals surface area (Å²) in [5.74, 6) is 0.725. The lowest BCUT2D eigenvalue weighted by Gasteiger charge is -2.21. The van der Waals surface area contributed by atoms with Crippen LogP contribution in [0.15, 0.2) is 0 Å². The highest BCUT2D eigenvalue weighted by molar-refractivity contribution is 4.70. The Hall–Kier alpha value is -0.0800. The van der Waals surface area contributed by atoms with E-state index in [1.165, 1.54) is 19.3 Å². The predicted molar refractivity (Wildman–Crippen MR) is 55.2 cm³/mol. The lowest BCUT2D eigenvalue weighted by molar-refractivity contribution is 0.372. The summed E-state index contributed by atoms with van der Waals surface area (Å²) in [6.45, 7) is 8.47. The third kappa shape index (κ3) is 5.56. The highest BCUT2D eigenvalue weighted by Gasteiger charge is 2.10. The Balaban J connectivity index is 3.55. The van der Waals surface area contributed by atoms with Gasteiger partial charge in [-0.05, 0) is 12.3 Å². The zero-order valence-electron chi connectivity index (χ0n) is 8.77. The van der Waals surface area contributed by atoms with Crippen LogP contribution in [0.1, 0.15) is 40.0 Å². The Morgan fingerprint density at radius 3 is 2.42 bits per heavy atom. The first-order valence-corrected chi connectivity index (χ1v) is 5.15. The van der Waals surface area contributed by atoms with Crippen molar-refractivity contribution >= 4 is 0 Å². The molecule has 0 aromatic carbocycles. The van der Waals surface area contributed by atoms with E-state index in [0.29, 0.717) is 6.04 Å². The van der Waals surface area contributed by atoms with Gasteiger partial charge in [-0.1, -0.05) is 33.6 Å². The molecule has 74 valence electrons. The molecule has 0 spiro atoms. The van der Waals surface area contributed by atoms with Gasteiger partial charge in [0.1, 0.15) is 0 Å². The molecule has 0 amide bonds. The van der Waals surface area contributed by atoms with Crippen molar-refractivity contribution in [3.05, 3.63) is 0 Å². The molecule has 1 unspecified atom stereocenters. The highest BCUT2D eigenvalue weighted by Crippen LogP contribution is 2.09. The van der Waals surface area contributed by atoms with Gasteiger partial charge in [-0.15, -0.1) is 0 Å². The van der Waals surface area contributed by atoms with Gasteiger partial charge in [0.05, 0.1) is 0 Å². The Morgan fingerprint density at radius 1 is 1.33 bits per heavy atom. The number of unbranched alkanes of at least 4 members (excludes halogenated alkanes) is 1. The molecule has 2 heteroatoms. The van der Waals surface area contributed by atoms with Crippen molar-refractivity contribution in [1.29, 1.82) is 0 Å². The summed E-state index contributed by atoms with van der Waals surface area (Å²) >= 11 is 0. The molecule has 0 radical (unpaired) electrons. The third-order valence-corrected chi connectivity index (χ3v) is 2.22. The number of hydrogen-bond donors (Lipinski definition) is 2. The standard InChI is InChI=1S/C10H24N2/c1-4-5-6-10(9(2)3)12-8-7-11/h9-10,12H,4-8,11H2,1-3H3. The fourth-order valence-electron chi connectivity index (χ4n) is 1.36. The minimum Gasteiger partial charge on any atom is -0.329 e. The van der Waals surface area contributed by atoms with Crippen molar-refractivity contribution in [2.24, 2.45) is 11.7 Å². The van der Waals surface area contributed by atoms with E-state index >= 15 is 0 Å². The van der Waals surface area contributed by atoms with Gasteiger partial charge in [0.25, 0.3) is 0 Å². The normalized spacial score (nSPS) is 13.8. The molecule has 12 heavy (non-hydrogen) atoms. The van der Waals surface area contributed by atoms with Crippen molar-refractivity contribution in [1.82, 2.24) is 5.32 Å². The molecule has 3 N–H and O–H groups in total. The first kappa shape index (κ1) is 11.9. The average Bonchev–Trinajstić information content (AvgIpc) is 2.04. The molecule has 0 aliphatic heterocycles. The van der Waals surface area contributed by atoms with Crippen LogP contribution in [0.4, 0.5) is 0 Å². The zero-order valence-corrected chi connectivity index (χ0v) is 8.77. The molecule has 0 aliphatic rings. The predicted octanol–water partition coefficient (Wildman–Crippen LogP) is 1.75. The van der Waals surface area contributed by atoms with Crippen LogP contribution in [0.2, 0.25) is 0 Å². The van der Waals surface area contributed by atoms with Gasteiger partial charge in [-0.2, -0.15) is 0 Å². The molecule has 0 rings (SSSR count). The van der Waals surface area contributed by atoms with Gasteiger partial charge in [0, 0.05) is 19.1 Å². The molecule has 0 saturated carbocycles. The molecular formula is C10H24N2. The summed E-state index contributed by atoms with van der Waals surface area (Å²) in [5.41, 5.74) is 5.44. The lowest BCUT2D eigenvalue weighted by Crippen LogP contribution is -2.37. The fraction of sp³-hybridized carbons (Fsp3) is 1.00. The SMILES string of the molecule is CCCCC(NCCN)C(C)C. The van der Waals surface area contributed by atoms with Crippen molar-refractivity contribution in [2.75, 3.05) is 13.1 Å². The molecule has 0 aliphatic carbocycles. The number of hydrogen-bond acceptors (Lipinski definition) is 2.